The lowest BCUT2D eigenvalue weighted by molar-refractivity contribution is -0.287. The van der Waals surface area contributed by atoms with Gasteiger partial charge in [0.1, 0.15) is 5.60 Å². The Labute approximate surface area is 173 Å². The van der Waals surface area contributed by atoms with Gasteiger partial charge in [-0.2, -0.15) is 0 Å². The molecule has 0 radical (unpaired) electrons. The van der Waals surface area contributed by atoms with Crippen LogP contribution in [0.15, 0.2) is 54.6 Å². The summed E-state index contributed by atoms with van der Waals surface area (Å²) in [6.07, 6.45) is -0.319. The molecule has 156 valence electrons. The number of aliphatic hydroxyl groups excluding tert-OH is 1. The van der Waals surface area contributed by atoms with Crippen LogP contribution in [0.1, 0.15) is 18.9 Å². The van der Waals surface area contributed by atoms with Gasteiger partial charge in [-0.15, -0.1) is 0 Å². The Kier molecular flexibility index (Phi) is 6.04. The maximum Gasteiger partial charge on any atom is 0.173 e. The van der Waals surface area contributed by atoms with Crippen molar-refractivity contribution in [3.63, 3.8) is 0 Å². The molecular weight excluding hydrogens is 364 g/mol. The van der Waals surface area contributed by atoms with Crippen LogP contribution < -0.4 is 0 Å². The maximum absolute atomic E-state index is 11.1. The van der Waals surface area contributed by atoms with Gasteiger partial charge in [-0.05, 0) is 37.1 Å². The predicted octanol–water partition coefficient (Wildman–Crippen LogP) is 2.94. The van der Waals surface area contributed by atoms with E-state index in [9.17, 15) is 5.11 Å². The normalized spacial score (nSPS) is 31.7. The molecule has 0 saturated carbocycles. The van der Waals surface area contributed by atoms with Gasteiger partial charge in [-0.1, -0.05) is 54.6 Å². The fourth-order valence-corrected chi connectivity index (χ4v) is 4.53. The van der Waals surface area contributed by atoms with E-state index in [1.807, 2.05) is 25.1 Å². The summed E-state index contributed by atoms with van der Waals surface area (Å²) in [5.41, 5.74) is 2.52. The van der Waals surface area contributed by atoms with E-state index in [1.54, 1.807) is 7.11 Å². The van der Waals surface area contributed by atoms with Crippen LogP contribution in [-0.4, -0.2) is 73.7 Å². The molecular formula is C24H32N2O3. The Bertz CT molecular complexity index is 790. The molecule has 5 nitrogen and oxygen atoms in total. The van der Waals surface area contributed by atoms with Crippen molar-refractivity contribution in [3.8, 4) is 11.1 Å². The number of aliphatic hydroxyl groups is 1. The first-order chi connectivity index (χ1) is 14.0. The number of piperazine rings is 1. The Morgan fingerprint density at radius 1 is 0.966 bits per heavy atom. The summed E-state index contributed by atoms with van der Waals surface area (Å²) < 4.78 is 12.2. The van der Waals surface area contributed by atoms with Crippen molar-refractivity contribution in [2.45, 2.75) is 37.4 Å². The van der Waals surface area contributed by atoms with Crippen molar-refractivity contribution >= 4 is 0 Å². The molecule has 29 heavy (non-hydrogen) atoms. The standard InChI is InChI=1S/C24H32N2O3/c1-24(20-11-9-19(10-12-20)18-7-5-4-6-8-18)22(27)17-21(23(28-3)29-24)26-15-13-25(2)14-16-26/h4-12,21-23,27H,13-17H2,1-3H3. The molecule has 2 aromatic rings. The van der Waals surface area contributed by atoms with Crippen LogP contribution in [0.25, 0.3) is 11.1 Å². The molecule has 0 bridgehead atoms. The number of hydrogen-bond acceptors (Lipinski definition) is 5. The maximum atomic E-state index is 11.1. The van der Waals surface area contributed by atoms with Gasteiger partial charge in [0.05, 0.1) is 12.1 Å². The summed E-state index contributed by atoms with van der Waals surface area (Å²) >= 11 is 0. The number of hydrogen-bond donors (Lipinski definition) is 1. The molecule has 5 heteroatoms. The lowest BCUT2D eigenvalue weighted by atomic mass is 9.82. The SMILES string of the molecule is COC1OC(C)(c2ccc(-c3ccccc3)cc2)C(O)CC1N1CCN(C)CC1. The molecule has 0 spiro atoms. The number of ether oxygens (including phenoxy) is 2. The zero-order valence-electron chi connectivity index (χ0n) is 17.6. The van der Waals surface area contributed by atoms with Crippen LogP contribution in [0, 0.1) is 0 Å². The van der Waals surface area contributed by atoms with Crippen LogP contribution in [0.4, 0.5) is 0 Å². The molecule has 4 rings (SSSR count). The predicted molar refractivity (Wildman–Crippen MR) is 115 cm³/mol. The van der Waals surface area contributed by atoms with Crippen LogP contribution >= 0.6 is 0 Å². The van der Waals surface area contributed by atoms with E-state index in [1.165, 1.54) is 5.56 Å². The molecule has 2 saturated heterocycles. The third-order valence-electron chi connectivity index (χ3n) is 6.58. The van der Waals surface area contributed by atoms with E-state index < -0.39 is 11.7 Å². The van der Waals surface area contributed by atoms with Gasteiger partial charge in [0.25, 0.3) is 0 Å². The monoisotopic (exact) mass is 396 g/mol. The fraction of sp³-hybridized carbons (Fsp3) is 0.500. The van der Waals surface area contributed by atoms with Crippen molar-refractivity contribution in [3.05, 3.63) is 60.2 Å². The first kappa shape index (κ1) is 20.5. The highest BCUT2D eigenvalue weighted by Crippen LogP contribution is 2.40. The van der Waals surface area contributed by atoms with Gasteiger partial charge < -0.3 is 19.5 Å². The van der Waals surface area contributed by atoms with E-state index in [2.05, 4.69) is 53.2 Å². The van der Waals surface area contributed by atoms with Gasteiger partial charge in [-0.25, -0.2) is 0 Å². The van der Waals surface area contributed by atoms with E-state index in [-0.39, 0.29) is 12.3 Å². The van der Waals surface area contributed by atoms with Gasteiger partial charge in [0.15, 0.2) is 6.29 Å². The van der Waals surface area contributed by atoms with Gasteiger partial charge in [0, 0.05) is 33.3 Å². The third kappa shape index (κ3) is 4.11. The van der Waals surface area contributed by atoms with Crippen LogP contribution in [-0.2, 0) is 15.1 Å². The van der Waals surface area contributed by atoms with Crippen molar-refractivity contribution < 1.29 is 14.6 Å². The minimum absolute atomic E-state index is 0.0698. The molecule has 2 aromatic carbocycles. The van der Waals surface area contributed by atoms with Gasteiger partial charge in [-0.3, -0.25) is 4.90 Å². The molecule has 4 atom stereocenters. The number of methoxy groups -OCH3 is 1. The average molecular weight is 397 g/mol. The Hall–Kier alpha value is -1.76. The topological polar surface area (TPSA) is 45.2 Å². The summed E-state index contributed by atoms with van der Waals surface area (Å²) in [4.78, 5) is 4.73. The molecule has 2 fully saturated rings. The third-order valence-corrected chi connectivity index (χ3v) is 6.58. The highest BCUT2D eigenvalue weighted by atomic mass is 16.7. The molecule has 0 aromatic heterocycles. The summed E-state index contributed by atoms with van der Waals surface area (Å²) in [6, 6.07) is 18.7. The minimum atomic E-state index is -0.793. The first-order valence-corrected chi connectivity index (χ1v) is 10.5. The Morgan fingerprint density at radius 3 is 2.21 bits per heavy atom. The molecule has 2 aliphatic heterocycles. The highest BCUT2D eigenvalue weighted by Gasteiger charge is 2.48. The van der Waals surface area contributed by atoms with E-state index >= 15 is 0 Å². The zero-order chi connectivity index (χ0) is 20.4. The van der Waals surface area contributed by atoms with Gasteiger partial charge >= 0.3 is 0 Å². The molecule has 0 amide bonds. The second-order valence-corrected chi connectivity index (χ2v) is 8.43. The van der Waals surface area contributed by atoms with E-state index in [0.717, 1.165) is 37.3 Å². The number of likely N-dealkylation sites (N-methyl/N-ethyl adjacent to an activating group) is 1. The quantitative estimate of drug-likeness (QED) is 0.861. The molecule has 2 aliphatic rings. The summed E-state index contributed by atoms with van der Waals surface area (Å²) in [6.45, 7) is 5.98. The van der Waals surface area contributed by atoms with E-state index in [4.69, 9.17) is 9.47 Å². The first-order valence-electron chi connectivity index (χ1n) is 10.5. The lowest BCUT2D eigenvalue weighted by Gasteiger charge is -2.50. The fourth-order valence-electron chi connectivity index (χ4n) is 4.53. The van der Waals surface area contributed by atoms with Gasteiger partial charge in [0.2, 0.25) is 0 Å². The minimum Gasteiger partial charge on any atom is -0.390 e. The average Bonchev–Trinajstić information content (AvgIpc) is 2.77. The van der Waals surface area contributed by atoms with Crippen molar-refractivity contribution in [1.82, 2.24) is 9.80 Å². The van der Waals surface area contributed by atoms with E-state index in [0.29, 0.717) is 6.42 Å². The second-order valence-electron chi connectivity index (χ2n) is 8.43. The van der Waals surface area contributed by atoms with Crippen LogP contribution in [0.2, 0.25) is 0 Å². The Balaban J connectivity index is 1.53. The molecule has 4 unspecified atom stereocenters. The van der Waals surface area contributed by atoms with Crippen molar-refractivity contribution in [2.24, 2.45) is 0 Å². The largest absolute Gasteiger partial charge is 0.390 e. The Morgan fingerprint density at radius 2 is 1.59 bits per heavy atom. The van der Waals surface area contributed by atoms with Crippen molar-refractivity contribution in [2.75, 3.05) is 40.3 Å². The number of rotatable bonds is 4. The molecule has 1 N–H and O–H groups in total. The molecule has 2 heterocycles. The summed E-state index contributed by atoms with van der Waals surface area (Å²) in [5.74, 6) is 0. The highest BCUT2D eigenvalue weighted by molar-refractivity contribution is 5.63. The van der Waals surface area contributed by atoms with Crippen LogP contribution in [0.3, 0.4) is 0 Å². The summed E-state index contributed by atoms with van der Waals surface area (Å²) in [5, 5.41) is 11.1. The molecule has 0 aliphatic carbocycles. The van der Waals surface area contributed by atoms with Crippen molar-refractivity contribution in [1.29, 1.82) is 0 Å². The lowest BCUT2D eigenvalue weighted by Crippen LogP contribution is -2.61. The number of nitrogens with zero attached hydrogens (tertiary/aromatic N) is 2. The zero-order valence-corrected chi connectivity index (χ0v) is 17.6. The smallest absolute Gasteiger partial charge is 0.173 e. The summed E-state index contributed by atoms with van der Waals surface area (Å²) in [7, 11) is 3.85. The second kappa shape index (κ2) is 8.54. The van der Waals surface area contributed by atoms with Crippen LogP contribution in [0.5, 0.6) is 0 Å². The number of benzene rings is 2.